The van der Waals surface area contributed by atoms with Crippen LogP contribution in [0, 0.1) is 22.7 Å². The fourth-order valence-electron chi connectivity index (χ4n) is 3.09. The summed E-state index contributed by atoms with van der Waals surface area (Å²) in [5, 5.41) is 9.11. The van der Waals surface area contributed by atoms with Crippen LogP contribution in [0.3, 0.4) is 0 Å². The lowest BCUT2D eigenvalue weighted by Gasteiger charge is -2.33. The first-order valence-corrected chi connectivity index (χ1v) is 7.48. The van der Waals surface area contributed by atoms with Gasteiger partial charge in [-0.3, -0.25) is 4.79 Å². The van der Waals surface area contributed by atoms with Crippen LogP contribution in [-0.2, 0) is 11.2 Å². The van der Waals surface area contributed by atoms with E-state index in [-0.39, 0.29) is 5.91 Å². The van der Waals surface area contributed by atoms with Crippen LogP contribution in [0.2, 0.25) is 0 Å². The van der Waals surface area contributed by atoms with Crippen LogP contribution in [0.15, 0.2) is 30.3 Å². The van der Waals surface area contributed by atoms with E-state index >= 15 is 0 Å². The number of hydrogen-bond donors (Lipinski definition) is 0. The molecule has 0 atom stereocenters. The van der Waals surface area contributed by atoms with Crippen molar-refractivity contribution in [1.29, 1.82) is 5.26 Å². The third kappa shape index (κ3) is 2.56. The maximum absolute atomic E-state index is 12.3. The van der Waals surface area contributed by atoms with E-state index < -0.39 is 5.41 Å². The molecule has 104 valence electrons. The Morgan fingerprint density at radius 3 is 2.45 bits per heavy atom. The molecule has 0 spiro atoms. The van der Waals surface area contributed by atoms with Crippen LogP contribution in [0.1, 0.15) is 31.2 Å². The van der Waals surface area contributed by atoms with E-state index in [1.54, 1.807) is 0 Å². The zero-order valence-corrected chi connectivity index (χ0v) is 11.7. The second kappa shape index (κ2) is 5.28. The highest BCUT2D eigenvalue weighted by atomic mass is 16.2. The minimum Gasteiger partial charge on any atom is -0.341 e. The molecule has 3 nitrogen and oxygen atoms in total. The lowest BCUT2D eigenvalue weighted by molar-refractivity contribution is -0.136. The molecule has 3 heteroatoms. The van der Waals surface area contributed by atoms with Crippen molar-refractivity contribution in [3.63, 3.8) is 0 Å². The maximum atomic E-state index is 12.3. The molecule has 1 heterocycles. The van der Waals surface area contributed by atoms with Crippen molar-refractivity contribution in [2.24, 2.45) is 11.3 Å². The van der Waals surface area contributed by atoms with Crippen LogP contribution in [-0.4, -0.2) is 23.9 Å². The van der Waals surface area contributed by atoms with Crippen LogP contribution < -0.4 is 0 Å². The van der Waals surface area contributed by atoms with E-state index in [0.717, 1.165) is 45.2 Å². The second-order valence-electron chi connectivity index (χ2n) is 6.12. The molecule has 0 unspecified atom stereocenters. The van der Waals surface area contributed by atoms with Gasteiger partial charge < -0.3 is 4.90 Å². The number of hydrogen-bond acceptors (Lipinski definition) is 2. The quantitative estimate of drug-likeness (QED) is 0.846. The Kier molecular flexibility index (Phi) is 3.48. The zero-order chi connectivity index (χ0) is 14.0. The number of nitrogens with zero attached hydrogens (tertiary/aromatic N) is 2. The number of nitriles is 1. The summed E-state index contributed by atoms with van der Waals surface area (Å²) in [4.78, 5) is 14.2. The van der Waals surface area contributed by atoms with Crippen LogP contribution in [0.5, 0.6) is 0 Å². The highest BCUT2D eigenvalue weighted by molar-refractivity contribution is 5.88. The number of carbonyl (C=O) groups excluding carboxylic acids is 1. The molecule has 1 aromatic carbocycles. The Morgan fingerprint density at radius 1 is 1.25 bits per heavy atom. The summed E-state index contributed by atoms with van der Waals surface area (Å²) >= 11 is 0. The lowest BCUT2D eigenvalue weighted by Crippen LogP contribution is -2.42. The average Bonchev–Trinajstić information content (AvgIpc) is 3.30. The van der Waals surface area contributed by atoms with E-state index in [1.165, 1.54) is 5.56 Å². The Balaban J connectivity index is 1.53. The van der Waals surface area contributed by atoms with Gasteiger partial charge in [0.05, 0.1) is 6.07 Å². The van der Waals surface area contributed by atoms with Crippen molar-refractivity contribution in [2.75, 3.05) is 13.1 Å². The van der Waals surface area contributed by atoms with Gasteiger partial charge in [-0.2, -0.15) is 5.26 Å². The first-order chi connectivity index (χ1) is 9.73. The van der Waals surface area contributed by atoms with E-state index in [2.05, 4.69) is 30.3 Å². The highest BCUT2D eigenvalue weighted by Crippen LogP contribution is 2.46. The summed E-state index contributed by atoms with van der Waals surface area (Å²) in [5.41, 5.74) is 0.736. The summed E-state index contributed by atoms with van der Waals surface area (Å²) in [7, 11) is 0. The molecule has 3 rings (SSSR count). The van der Waals surface area contributed by atoms with Gasteiger partial charge in [0, 0.05) is 13.1 Å². The highest BCUT2D eigenvalue weighted by Gasteiger charge is 2.52. The Labute approximate surface area is 120 Å². The summed E-state index contributed by atoms with van der Waals surface area (Å²) < 4.78 is 0. The predicted molar refractivity (Wildman–Crippen MR) is 76.7 cm³/mol. The van der Waals surface area contributed by atoms with Gasteiger partial charge in [0.15, 0.2) is 0 Å². The predicted octanol–water partition coefficient (Wildman–Crippen LogP) is 2.77. The van der Waals surface area contributed by atoms with Crippen LogP contribution in [0.25, 0.3) is 0 Å². The molecule has 1 aliphatic heterocycles. The molecule has 0 N–H and O–H groups in total. The molecule has 1 aromatic rings. The Morgan fingerprint density at radius 2 is 1.90 bits per heavy atom. The number of carbonyl (C=O) groups is 1. The molecular weight excluding hydrogens is 248 g/mol. The molecule has 1 saturated carbocycles. The van der Waals surface area contributed by atoms with Crippen molar-refractivity contribution >= 4 is 5.91 Å². The Hall–Kier alpha value is -1.82. The molecule has 0 aromatic heterocycles. The third-order valence-corrected chi connectivity index (χ3v) is 4.64. The molecule has 0 bridgehead atoms. The standard InChI is InChI=1S/C17H20N2O/c18-13-17(8-9-17)16(20)19-10-6-15(7-11-19)12-14-4-2-1-3-5-14/h1-5,15H,6-12H2. The lowest BCUT2D eigenvalue weighted by atomic mass is 9.89. The van der Waals surface area contributed by atoms with Gasteiger partial charge in [-0.25, -0.2) is 0 Å². The molecule has 1 aliphatic carbocycles. The number of piperidine rings is 1. The molecule has 0 radical (unpaired) electrons. The van der Waals surface area contributed by atoms with Gasteiger partial charge in [0.2, 0.25) is 5.91 Å². The number of likely N-dealkylation sites (tertiary alicyclic amines) is 1. The zero-order valence-electron chi connectivity index (χ0n) is 11.7. The van der Waals surface area contributed by atoms with E-state index in [0.29, 0.717) is 5.92 Å². The average molecular weight is 268 g/mol. The molecule has 20 heavy (non-hydrogen) atoms. The molecule has 2 aliphatic rings. The number of amides is 1. The smallest absolute Gasteiger partial charge is 0.243 e. The van der Waals surface area contributed by atoms with Crippen LogP contribution >= 0.6 is 0 Å². The minimum absolute atomic E-state index is 0.0816. The van der Waals surface area contributed by atoms with Crippen molar-refractivity contribution in [3.05, 3.63) is 35.9 Å². The Bertz CT molecular complexity index is 520. The first-order valence-electron chi connectivity index (χ1n) is 7.48. The van der Waals surface area contributed by atoms with Crippen molar-refractivity contribution in [1.82, 2.24) is 4.90 Å². The molecule has 2 fully saturated rings. The van der Waals surface area contributed by atoms with Gasteiger partial charge in [-0.05, 0) is 43.6 Å². The minimum atomic E-state index is -0.647. The summed E-state index contributed by atoms with van der Waals surface area (Å²) in [6.45, 7) is 1.64. The van der Waals surface area contributed by atoms with E-state index in [9.17, 15) is 4.79 Å². The van der Waals surface area contributed by atoms with Crippen molar-refractivity contribution in [2.45, 2.75) is 32.1 Å². The third-order valence-electron chi connectivity index (χ3n) is 4.64. The van der Waals surface area contributed by atoms with E-state index in [1.807, 2.05) is 11.0 Å². The van der Waals surface area contributed by atoms with Gasteiger partial charge >= 0.3 is 0 Å². The molecule has 1 amide bonds. The fraction of sp³-hybridized carbons (Fsp3) is 0.529. The van der Waals surface area contributed by atoms with Gasteiger partial charge in [0.1, 0.15) is 5.41 Å². The van der Waals surface area contributed by atoms with Gasteiger partial charge in [0.25, 0.3) is 0 Å². The molecular formula is C17H20N2O. The number of benzene rings is 1. The maximum Gasteiger partial charge on any atom is 0.243 e. The SMILES string of the molecule is N#CC1(C(=O)N2CCC(Cc3ccccc3)CC2)CC1. The summed E-state index contributed by atoms with van der Waals surface area (Å²) in [6.07, 6.45) is 4.73. The van der Waals surface area contributed by atoms with Gasteiger partial charge in [-0.15, -0.1) is 0 Å². The second-order valence-corrected chi connectivity index (χ2v) is 6.12. The topological polar surface area (TPSA) is 44.1 Å². The monoisotopic (exact) mass is 268 g/mol. The van der Waals surface area contributed by atoms with Crippen molar-refractivity contribution < 1.29 is 4.79 Å². The molecule has 1 saturated heterocycles. The van der Waals surface area contributed by atoms with Crippen LogP contribution in [0.4, 0.5) is 0 Å². The number of rotatable bonds is 3. The normalized spacial score (nSPS) is 21.2. The largest absolute Gasteiger partial charge is 0.341 e. The van der Waals surface area contributed by atoms with E-state index in [4.69, 9.17) is 5.26 Å². The first kappa shape index (κ1) is 13.2. The van der Waals surface area contributed by atoms with Crippen molar-refractivity contribution in [3.8, 4) is 6.07 Å². The van der Waals surface area contributed by atoms with Gasteiger partial charge in [-0.1, -0.05) is 30.3 Å². The fourth-order valence-corrected chi connectivity index (χ4v) is 3.09. The summed E-state index contributed by atoms with van der Waals surface area (Å²) in [6, 6.07) is 12.8. The summed E-state index contributed by atoms with van der Waals surface area (Å²) in [5.74, 6) is 0.747.